The van der Waals surface area contributed by atoms with E-state index in [0.717, 1.165) is 38.5 Å². The first kappa shape index (κ1) is 28.4. The fraction of sp³-hybridized carbons (Fsp3) is 0.760. The summed E-state index contributed by atoms with van der Waals surface area (Å²) in [7, 11) is 0. The Balaban J connectivity index is 3.61. The number of hydrogen-bond donors (Lipinski definition) is 1. The summed E-state index contributed by atoms with van der Waals surface area (Å²) in [6, 6.07) is -0.770. The molecule has 0 heterocycles. The van der Waals surface area contributed by atoms with Crippen molar-refractivity contribution in [3.05, 3.63) is 24.3 Å². The van der Waals surface area contributed by atoms with Gasteiger partial charge in [0.2, 0.25) is 0 Å². The van der Waals surface area contributed by atoms with Crippen molar-refractivity contribution in [2.45, 2.75) is 110 Å². The van der Waals surface area contributed by atoms with Gasteiger partial charge in [0, 0.05) is 6.42 Å². The van der Waals surface area contributed by atoms with Crippen molar-refractivity contribution in [1.82, 2.24) is 0 Å². The molecule has 0 bridgehead atoms. The van der Waals surface area contributed by atoms with E-state index in [1.54, 1.807) is 0 Å². The Hall–Kier alpha value is -1.62. The van der Waals surface area contributed by atoms with Gasteiger partial charge in [-0.15, -0.1) is 0 Å². The summed E-state index contributed by atoms with van der Waals surface area (Å²) in [5.74, 6) is -0.749. The van der Waals surface area contributed by atoms with E-state index in [2.05, 4.69) is 38.2 Å². The predicted molar refractivity (Wildman–Crippen MR) is 124 cm³/mol. The van der Waals surface area contributed by atoms with Gasteiger partial charge in [-0.2, -0.15) is 0 Å². The summed E-state index contributed by atoms with van der Waals surface area (Å²) in [5.41, 5.74) is 5.81. The Morgan fingerprint density at radius 3 is 1.70 bits per heavy atom. The van der Waals surface area contributed by atoms with Crippen LogP contribution < -0.4 is 5.73 Å². The van der Waals surface area contributed by atoms with Gasteiger partial charge >= 0.3 is 11.9 Å². The molecule has 0 saturated heterocycles. The van der Waals surface area contributed by atoms with Crippen molar-refractivity contribution in [3.63, 3.8) is 0 Å². The Bertz CT molecular complexity index is 474. The minimum Gasteiger partial charge on any atom is -0.466 e. The maximum Gasteiger partial charge on any atom is 0.322 e. The van der Waals surface area contributed by atoms with Crippen LogP contribution in [0.1, 0.15) is 104 Å². The molecule has 0 radical (unpaired) electrons. The van der Waals surface area contributed by atoms with Crippen molar-refractivity contribution in [2.24, 2.45) is 5.73 Å². The van der Waals surface area contributed by atoms with Gasteiger partial charge in [-0.05, 0) is 57.8 Å². The average Bonchev–Trinajstić information content (AvgIpc) is 2.75. The third kappa shape index (κ3) is 19.7. The van der Waals surface area contributed by atoms with Gasteiger partial charge in [0.05, 0.1) is 13.2 Å². The van der Waals surface area contributed by atoms with Gasteiger partial charge in [0.15, 0.2) is 0 Å². The zero-order chi connectivity index (χ0) is 22.3. The monoisotopic (exact) mass is 423 g/mol. The van der Waals surface area contributed by atoms with E-state index in [-0.39, 0.29) is 18.8 Å². The number of carbonyl (C=O) groups excluding carboxylic acids is 2. The van der Waals surface area contributed by atoms with Crippen LogP contribution in [0.25, 0.3) is 0 Å². The third-order valence-electron chi connectivity index (χ3n) is 4.78. The molecule has 0 amide bonds. The molecule has 5 nitrogen and oxygen atoms in total. The van der Waals surface area contributed by atoms with Crippen LogP contribution in [-0.4, -0.2) is 31.2 Å². The smallest absolute Gasteiger partial charge is 0.322 e. The Labute approximate surface area is 184 Å². The maximum atomic E-state index is 11.9. The highest BCUT2D eigenvalue weighted by atomic mass is 16.5. The molecule has 5 heteroatoms. The largest absolute Gasteiger partial charge is 0.466 e. The van der Waals surface area contributed by atoms with E-state index in [9.17, 15) is 9.59 Å². The number of unbranched alkanes of at least 4 members (excludes halogenated alkanes) is 8. The van der Waals surface area contributed by atoms with Crippen molar-refractivity contribution in [3.8, 4) is 0 Å². The summed E-state index contributed by atoms with van der Waals surface area (Å²) in [6.45, 7) is 5.16. The summed E-state index contributed by atoms with van der Waals surface area (Å²) < 4.78 is 10.4. The lowest BCUT2D eigenvalue weighted by atomic mass is 10.1. The van der Waals surface area contributed by atoms with E-state index < -0.39 is 12.0 Å². The first-order valence-corrected chi connectivity index (χ1v) is 12.0. The third-order valence-corrected chi connectivity index (χ3v) is 4.78. The van der Waals surface area contributed by atoms with Crippen molar-refractivity contribution >= 4 is 11.9 Å². The van der Waals surface area contributed by atoms with Crippen LogP contribution in [0.2, 0.25) is 0 Å². The number of allylic oxidation sites excluding steroid dienone is 4. The van der Waals surface area contributed by atoms with Gasteiger partial charge in [0.25, 0.3) is 0 Å². The maximum absolute atomic E-state index is 11.9. The molecule has 174 valence electrons. The second-order valence-corrected chi connectivity index (χ2v) is 7.75. The number of carbonyl (C=O) groups is 2. The number of hydrogen-bond acceptors (Lipinski definition) is 5. The highest BCUT2D eigenvalue weighted by Crippen LogP contribution is 2.04. The first-order valence-electron chi connectivity index (χ1n) is 12.0. The fourth-order valence-corrected chi connectivity index (χ4v) is 2.83. The summed E-state index contributed by atoms with van der Waals surface area (Å²) >= 11 is 0. The first-order chi connectivity index (χ1) is 14.6. The van der Waals surface area contributed by atoms with E-state index in [1.165, 1.54) is 38.5 Å². The van der Waals surface area contributed by atoms with Crippen LogP contribution >= 0.6 is 0 Å². The van der Waals surface area contributed by atoms with Crippen molar-refractivity contribution in [1.29, 1.82) is 0 Å². The van der Waals surface area contributed by atoms with E-state index in [1.807, 2.05) is 0 Å². The minimum atomic E-state index is -0.770. The molecule has 0 aromatic heterocycles. The van der Waals surface area contributed by atoms with Crippen LogP contribution in [0.3, 0.4) is 0 Å². The molecule has 0 fully saturated rings. The van der Waals surface area contributed by atoms with Gasteiger partial charge in [0.1, 0.15) is 6.04 Å². The molecule has 0 aromatic rings. The SMILES string of the molecule is CCCCC/C=C/CCCOC(=O)CCC(N)C(=O)OCCC/C=C/CCCCC. The van der Waals surface area contributed by atoms with E-state index in [4.69, 9.17) is 15.2 Å². The topological polar surface area (TPSA) is 78.6 Å². The number of nitrogens with two attached hydrogens (primary N) is 1. The molecule has 0 rings (SSSR count). The second-order valence-electron chi connectivity index (χ2n) is 7.75. The van der Waals surface area contributed by atoms with Gasteiger partial charge < -0.3 is 15.2 Å². The lowest BCUT2D eigenvalue weighted by molar-refractivity contribution is -0.146. The Morgan fingerprint density at radius 2 is 1.20 bits per heavy atom. The molecule has 1 unspecified atom stereocenters. The lowest BCUT2D eigenvalue weighted by Crippen LogP contribution is -2.33. The highest BCUT2D eigenvalue weighted by Gasteiger charge is 2.16. The quantitative estimate of drug-likeness (QED) is 0.147. The number of ether oxygens (including phenoxy) is 2. The normalized spacial score (nSPS) is 12.5. The molecule has 0 aromatic carbocycles. The second kappa shape index (κ2) is 22.1. The molecule has 1 atom stereocenters. The van der Waals surface area contributed by atoms with Gasteiger partial charge in [-0.1, -0.05) is 63.8 Å². The summed E-state index contributed by atoms with van der Waals surface area (Å²) in [6.07, 6.45) is 22.2. The van der Waals surface area contributed by atoms with E-state index >= 15 is 0 Å². The molecule has 0 aliphatic rings. The highest BCUT2D eigenvalue weighted by molar-refractivity contribution is 5.77. The van der Waals surface area contributed by atoms with Crippen molar-refractivity contribution in [2.75, 3.05) is 13.2 Å². The summed E-state index contributed by atoms with van der Waals surface area (Å²) in [4.78, 5) is 23.6. The number of esters is 2. The molecule has 0 aliphatic heterocycles. The number of rotatable bonds is 20. The summed E-state index contributed by atoms with van der Waals surface area (Å²) in [5, 5.41) is 0. The molecule has 0 aliphatic carbocycles. The standard InChI is InChI=1S/C25H45NO4/c1-3-5-7-9-11-13-15-17-21-29-24(27)20-19-23(26)25(28)30-22-18-16-14-12-10-8-6-4-2/h11-14,23H,3-10,15-22,26H2,1-2H3/b13-11+,14-12+. The zero-order valence-electron chi connectivity index (χ0n) is 19.4. The van der Waals surface area contributed by atoms with Gasteiger partial charge in [-0.3, -0.25) is 9.59 Å². The van der Waals surface area contributed by atoms with Crippen molar-refractivity contribution < 1.29 is 19.1 Å². The average molecular weight is 424 g/mol. The van der Waals surface area contributed by atoms with Gasteiger partial charge in [-0.25, -0.2) is 0 Å². The van der Waals surface area contributed by atoms with Crippen LogP contribution in [-0.2, 0) is 19.1 Å². The lowest BCUT2D eigenvalue weighted by Gasteiger charge is -2.11. The zero-order valence-corrected chi connectivity index (χ0v) is 19.4. The minimum absolute atomic E-state index is 0.142. The predicted octanol–water partition coefficient (Wildman–Crippen LogP) is 6.01. The Morgan fingerprint density at radius 1 is 0.733 bits per heavy atom. The molecule has 0 spiro atoms. The van der Waals surface area contributed by atoms with E-state index in [0.29, 0.717) is 13.2 Å². The van der Waals surface area contributed by atoms with Crippen LogP contribution in [0.5, 0.6) is 0 Å². The Kier molecular flexibility index (Phi) is 20.9. The molecule has 30 heavy (non-hydrogen) atoms. The molecular weight excluding hydrogens is 378 g/mol. The van der Waals surface area contributed by atoms with Crippen LogP contribution in [0.4, 0.5) is 0 Å². The fourth-order valence-electron chi connectivity index (χ4n) is 2.83. The molecule has 0 saturated carbocycles. The van der Waals surface area contributed by atoms with Crippen LogP contribution in [0.15, 0.2) is 24.3 Å². The molecule has 2 N–H and O–H groups in total. The molecular formula is C25H45NO4. The van der Waals surface area contributed by atoms with Crippen LogP contribution in [0, 0.1) is 0 Å².